The average Bonchev–Trinajstić information content (AvgIpc) is 3.34. The van der Waals surface area contributed by atoms with Crippen LogP contribution in [0.4, 0.5) is 13.2 Å². The van der Waals surface area contributed by atoms with E-state index in [1.54, 1.807) is 15.9 Å². The number of nitrogens with one attached hydrogen (secondary N) is 2. The molecule has 0 bridgehead atoms. The predicted octanol–water partition coefficient (Wildman–Crippen LogP) is 3.64. The molecule has 1 aliphatic carbocycles. The minimum Gasteiger partial charge on any atom is -0.490 e. The molecule has 9 nitrogen and oxygen atoms in total. The summed E-state index contributed by atoms with van der Waals surface area (Å²) >= 11 is 0. The molecule has 1 aromatic carbocycles. The highest BCUT2D eigenvalue weighted by Gasteiger charge is 2.33. The summed E-state index contributed by atoms with van der Waals surface area (Å²) in [5, 5.41) is 11.7. The van der Waals surface area contributed by atoms with Gasteiger partial charge in [-0.15, -0.1) is 13.2 Å². The van der Waals surface area contributed by atoms with Crippen LogP contribution in [0.25, 0.3) is 0 Å². The fraction of sp³-hybridized carbons (Fsp3) is 0.593. The van der Waals surface area contributed by atoms with E-state index < -0.39 is 6.36 Å². The molecule has 214 valence electrons. The third-order valence-electron chi connectivity index (χ3n) is 7.03. The largest absolute Gasteiger partial charge is 0.573 e. The molecule has 39 heavy (non-hydrogen) atoms. The summed E-state index contributed by atoms with van der Waals surface area (Å²) in [5.41, 5.74) is 1.42. The molecular formula is C27H35F3N4O5. The van der Waals surface area contributed by atoms with Crippen molar-refractivity contribution < 1.29 is 37.0 Å². The first-order valence-corrected chi connectivity index (χ1v) is 13.3. The van der Waals surface area contributed by atoms with E-state index in [-0.39, 0.29) is 53.9 Å². The lowest BCUT2D eigenvalue weighted by Gasteiger charge is -2.35. The highest BCUT2D eigenvalue weighted by molar-refractivity contribution is 6.44. The molecule has 12 heteroatoms. The summed E-state index contributed by atoms with van der Waals surface area (Å²) in [6.07, 6.45) is -1.97. The van der Waals surface area contributed by atoms with E-state index in [1.807, 2.05) is 13.8 Å². The van der Waals surface area contributed by atoms with Crippen LogP contribution in [0.15, 0.2) is 35.5 Å². The van der Waals surface area contributed by atoms with Gasteiger partial charge in [-0.1, -0.05) is 6.07 Å². The Bertz CT molecular complexity index is 1090. The van der Waals surface area contributed by atoms with Gasteiger partial charge in [0.1, 0.15) is 23.3 Å². The number of hydrogen-bond acceptors (Lipinski definition) is 7. The second kappa shape index (κ2) is 12.3. The number of likely N-dealkylation sites (tertiary alicyclic amines) is 1. The second-order valence-electron chi connectivity index (χ2n) is 10.2. The minimum absolute atomic E-state index is 0.0218. The Morgan fingerprint density at radius 1 is 1.08 bits per heavy atom. The number of rotatable bonds is 8. The number of allylic oxidation sites excluding steroid dienone is 1. The number of amides is 2. The molecule has 2 heterocycles. The van der Waals surface area contributed by atoms with Crippen molar-refractivity contribution in [3.63, 3.8) is 0 Å². The number of benzene rings is 1. The maximum absolute atomic E-state index is 13.0. The molecule has 0 aromatic heterocycles. The van der Waals surface area contributed by atoms with E-state index in [1.165, 1.54) is 18.2 Å². The van der Waals surface area contributed by atoms with Crippen molar-refractivity contribution >= 4 is 17.5 Å². The van der Waals surface area contributed by atoms with Crippen molar-refractivity contribution in [1.82, 2.24) is 15.1 Å². The molecule has 0 radical (unpaired) electrons. The molecule has 1 aromatic rings. The number of carbonyl (C=O) groups excluding carboxylic acids is 2. The minimum atomic E-state index is -4.77. The van der Waals surface area contributed by atoms with Crippen molar-refractivity contribution in [1.29, 1.82) is 5.41 Å². The number of nitrogens with zero attached hydrogens (tertiary/aromatic N) is 2. The summed E-state index contributed by atoms with van der Waals surface area (Å²) in [6.45, 7) is 5.70. The lowest BCUT2D eigenvalue weighted by Crippen LogP contribution is -2.50. The first-order valence-electron chi connectivity index (χ1n) is 13.3. The van der Waals surface area contributed by atoms with Gasteiger partial charge in [0.2, 0.25) is 5.91 Å². The first kappa shape index (κ1) is 28.7. The van der Waals surface area contributed by atoms with Crippen LogP contribution in [0.5, 0.6) is 11.5 Å². The standard InChI is InChI=1S/C27H35F3N4O5/c1-17-15-34(16-18(2)37-17)26(36)25(31)22-7-4-8-23(22)32-14-24(35)33-11-9-19(10-12-33)38-20-5-3-6-21(13-20)39-27(28,29)30/h3,5-6,13,17-19,31-32H,4,7-12,14-16H2,1-2H3/t17-,18+. The van der Waals surface area contributed by atoms with Crippen LogP contribution >= 0.6 is 0 Å². The highest BCUT2D eigenvalue weighted by atomic mass is 19.4. The van der Waals surface area contributed by atoms with Crippen molar-refractivity contribution in [2.24, 2.45) is 0 Å². The Balaban J connectivity index is 1.25. The van der Waals surface area contributed by atoms with Crippen LogP contribution < -0.4 is 14.8 Å². The Morgan fingerprint density at radius 3 is 2.41 bits per heavy atom. The van der Waals surface area contributed by atoms with Gasteiger partial charge in [0.05, 0.1) is 18.8 Å². The maximum atomic E-state index is 13.0. The van der Waals surface area contributed by atoms with Gasteiger partial charge in [0, 0.05) is 56.4 Å². The van der Waals surface area contributed by atoms with Gasteiger partial charge in [-0.05, 0) is 45.2 Å². The Morgan fingerprint density at radius 2 is 1.74 bits per heavy atom. The molecule has 0 spiro atoms. The number of piperidine rings is 1. The van der Waals surface area contributed by atoms with Crippen LogP contribution in [-0.2, 0) is 14.3 Å². The second-order valence-corrected chi connectivity index (χ2v) is 10.2. The summed E-state index contributed by atoms with van der Waals surface area (Å²) in [7, 11) is 0. The highest BCUT2D eigenvalue weighted by Crippen LogP contribution is 2.28. The van der Waals surface area contributed by atoms with Gasteiger partial charge in [-0.2, -0.15) is 0 Å². The number of morpholine rings is 1. The Labute approximate surface area is 225 Å². The Kier molecular flexibility index (Phi) is 9.04. The van der Waals surface area contributed by atoms with Crippen LogP contribution in [-0.4, -0.2) is 84.7 Å². The quantitative estimate of drug-likeness (QED) is 0.478. The molecule has 0 unspecified atom stereocenters. The van der Waals surface area contributed by atoms with Gasteiger partial charge in [-0.25, -0.2) is 0 Å². The Hall–Kier alpha value is -3.28. The van der Waals surface area contributed by atoms with E-state index in [0.717, 1.165) is 12.1 Å². The molecule has 2 atom stereocenters. The molecule has 4 rings (SSSR count). The van der Waals surface area contributed by atoms with Crippen LogP contribution in [0.2, 0.25) is 0 Å². The average molecular weight is 553 g/mol. The van der Waals surface area contributed by atoms with Crippen molar-refractivity contribution in [2.75, 3.05) is 32.7 Å². The predicted molar refractivity (Wildman–Crippen MR) is 137 cm³/mol. The van der Waals surface area contributed by atoms with Gasteiger partial charge >= 0.3 is 6.36 Å². The van der Waals surface area contributed by atoms with Gasteiger partial charge in [0.25, 0.3) is 5.91 Å². The zero-order valence-corrected chi connectivity index (χ0v) is 22.2. The van der Waals surface area contributed by atoms with Crippen molar-refractivity contribution in [2.45, 2.75) is 70.6 Å². The van der Waals surface area contributed by atoms with Crippen LogP contribution in [0, 0.1) is 5.41 Å². The summed E-state index contributed by atoms with van der Waals surface area (Å²) in [6, 6.07) is 5.41. The SMILES string of the molecule is C[C@@H]1CN(C(=O)C(=N)C2=C(NCC(=O)N3CCC(Oc4cccc(OC(F)(F)F)c4)CC3)CCC2)C[C@H](C)O1. The molecule has 2 amide bonds. The smallest absolute Gasteiger partial charge is 0.490 e. The third-order valence-corrected chi connectivity index (χ3v) is 7.03. The van der Waals surface area contributed by atoms with E-state index in [9.17, 15) is 22.8 Å². The number of hydrogen-bond donors (Lipinski definition) is 2. The number of ether oxygens (including phenoxy) is 3. The first-order chi connectivity index (χ1) is 18.5. The normalized spacial score (nSPS) is 22.6. The van der Waals surface area contributed by atoms with E-state index in [4.69, 9.17) is 14.9 Å². The summed E-state index contributed by atoms with van der Waals surface area (Å²) in [4.78, 5) is 29.2. The van der Waals surface area contributed by atoms with Crippen LogP contribution in [0.1, 0.15) is 46.0 Å². The maximum Gasteiger partial charge on any atom is 0.573 e. The van der Waals surface area contributed by atoms with Crippen LogP contribution in [0.3, 0.4) is 0 Å². The molecule has 2 aliphatic heterocycles. The zero-order chi connectivity index (χ0) is 28.2. The molecule has 3 aliphatic rings. The fourth-order valence-electron chi connectivity index (χ4n) is 5.30. The molecule has 2 N–H and O–H groups in total. The monoisotopic (exact) mass is 552 g/mol. The van der Waals surface area contributed by atoms with Gasteiger partial charge in [-0.3, -0.25) is 15.0 Å². The number of alkyl halides is 3. The van der Waals surface area contributed by atoms with E-state index in [0.29, 0.717) is 57.4 Å². The summed E-state index contributed by atoms with van der Waals surface area (Å²) < 4.78 is 52.9. The topological polar surface area (TPSA) is 104 Å². The molecular weight excluding hydrogens is 517 g/mol. The van der Waals surface area contributed by atoms with E-state index >= 15 is 0 Å². The number of carbonyl (C=O) groups is 2. The lowest BCUT2D eigenvalue weighted by molar-refractivity contribution is -0.274. The van der Waals surface area contributed by atoms with Crippen molar-refractivity contribution in [3.8, 4) is 11.5 Å². The third kappa shape index (κ3) is 7.87. The lowest BCUT2D eigenvalue weighted by atomic mass is 10.1. The van der Waals surface area contributed by atoms with Gasteiger partial charge < -0.3 is 29.3 Å². The fourth-order valence-corrected chi connectivity index (χ4v) is 5.30. The molecule has 2 saturated heterocycles. The molecule has 2 fully saturated rings. The molecule has 0 saturated carbocycles. The zero-order valence-electron chi connectivity index (χ0n) is 22.2. The van der Waals surface area contributed by atoms with Crippen molar-refractivity contribution in [3.05, 3.63) is 35.5 Å². The summed E-state index contributed by atoms with van der Waals surface area (Å²) in [5.74, 6) is -0.469. The van der Waals surface area contributed by atoms with Gasteiger partial charge in [0.15, 0.2) is 0 Å². The number of halogens is 3. The van der Waals surface area contributed by atoms with E-state index in [2.05, 4.69) is 10.1 Å².